The third-order valence-corrected chi connectivity index (χ3v) is 4.90. The normalized spacial score (nSPS) is 16.5. The monoisotopic (exact) mass is 382 g/mol. The van der Waals surface area contributed by atoms with Crippen molar-refractivity contribution >= 4 is 23.3 Å². The van der Waals surface area contributed by atoms with Crippen LogP contribution in [-0.4, -0.2) is 27.6 Å². The quantitative estimate of drug-likeness (QED) is 0.686. The number of likely N-dealkylation sites (tertiary alicyclic amines) is 1. The van der Waals surface area contributed by atoms with E-state index < -0.39 is 0 Å². The molecule has 4 rings (SSSR count). The smallest absolute Gasteiger partial charge is 0.322 e. The Morgan fingerprint density at radius 1 is 1.19 bits per heavy atom. The molecule has 0 saturated carbocycles. The van der Waals surface area contributed by atoms with Crippen LogP contribution in [0.15, 0.2) is 53.1 Å². The zero-order valence-corrected chi connectivity index (χ0v) is 15.6. The van der Waals surface area contributed by atoms with Crippen LogP contribution in [0, 0.1) is 6.92 Å². The summed E-state index contributed by atoms with van der Waals surface area (Å²) < 4.78 is 5.48. The standard InChI is InChI=1S/C20H19ClN4O2/c1-13-4-6-14(7-5-13)18-23-19(27-24-18)17-3-2-12-25(17)20(26)22-16-10-8-15(21)9-11-16/h4-11,17H,2-3,12H2,1H3,(H,22,26). The molecule has 1 fully saturated rings. The molecule has 0 bridgehead atoms. The van der Waals surface area contributed by atoms with Crippen molar-refractivity contribution in [2.45, 2.75) is 25.8 Å². The van der Waals surface area contributed by atoms with Gasteiger partial charge in [-0.2, -0.15) is 4.98 Å². The fraction of sp³-hybridized carbons (Fsp3) is 0.250. The van der Waals surface area contributed by atoms with Gasteiger partial charge < -0.3 is 14.7 Å². The van der Waals surface area contributed by atoms with Crippen molar-refractivity contribution in [3.05, 3.63) is 65.0 Å². The first-order valence-electron chi connectivity index (χ1n) is 8.84. The Kier molecular flexibility index (Phi) is 4.81. The molecule has 138 valence electrons. The summed E-state index contributed by atoms with van der Waals surface area (Å²) in [4.78, 5) is 19.0. The number of hydrogen-bond acceptors (Lipinski definition) is 4. The highest BCUT2D eigenvalue weighted by Gasteiger charge is 2.34. The second kappa shape index (κ2) is 7.40. The maximum Gasteiger partial charge on any atom is 0.322 e. The number of halogens is 1. The summed E-state index contributed by atoms with van der Waals surface area (Å²) in [7, 11) is 0. The highest BCUT2D eigenvalue weighted by molar-refractivity contribution is 6.30. The minimum atomic E-state index is -0.219. The van der Waals surface area contributed by atoms with Gasteiger partial charge in [0.2, 0.25) is 11.7 Å². The molecule has 1 aliphatic heterocycles. The van der Waals surface area contributed by atoms with E-state index in [1.165, 1.54) is 5.56 Å². The van der Waals surface area contributed by atoms with E-state index in [0.29, 0.717) is 29.0 Å². The minimum absolute atomic E-state index is 0.185. The van der Waals surface area contributed by atoms with E-state index in [2.05, 4.69) is 15.5 Å². The van der Waals surface area contributed by atoms with Gasteiger partial charge in [0.15, 0.2) is 0 Å². The Morgan fingerprint density at radius 3 is 2.67 bits per heavy atom. The van der Waals surface area contributed by atoms with Gasteiger partial charge in [-0.05, 0) is 44.0 Å². The van der Waals surface area contributed by atoms with Crippen LogP contribution >= 0.6 is 11.6 Å². The number of carbonyl (C=O) groups excluding carboxylic acids is 1. The second-order valence-corrected chi connectivity index (χ2v) is 7.05. The van der Waals surface area contributed by atoms with E-state index in [1.54, 1.807) is 29.2 Å². The predicted molar refractivity (Wildman–Crippen MR) is 104 cm³/mol. The summed E-state index contributed by atoms with van der Waals surface area (Å²) in [6.45, 7) is 2.67. The largest absolute Gasteiger partial charge is 0.337 e. The van der Waals surface area contributed by atoms with Crippen LogP contribution < -0.4 is 5.32 Å². The SMILES string of the molecule is Cc1ccc(-c2noc(C3CCCN3C(=O)Nc3ccc(Cl)cc3)n2)cc1. The Morgan fingerprint density at radius 2 is 1.93 bits per heavy atom. The summed E-state index contributed by atoms with van der Waals surface area (Å²) in [6.07, 6.45) is 1.69. The van der Waals surface area contributed by atoms with Gasteiger partial charge in [0.25, 0.3) is 0 Å². The van der Waals surface area contributed by atoms with Crippen LogP contribution in [-0.2, 0) is 0 Å². The van der Waals surface area contributed by atoms with E-state index in [4.69, 9.17) is 16.1 Å². The number of aromatic nitrogens is 2. The third kappa shape index (κ3) is 3.80. The first-order valence-corrected chi connectivity index (χ1v) is 9.22. The Bertz CT molecular complexity index is 937. The predicted octanol–water partition coefficient (Wildman–Crippen LogP) is 5.07. The van der Waals surface area contributed by atoms with Gasteiger partial charge in [-0.3, -0.25) is 0 Å². The van der Waals surface area contributed by atoms with Crippen molar-refractivity contribution in [1.29, 1.82) is 0 Å². The van der Waals surface area contributed by atoms with E-state index in [1.807, 2.05) is 31.2 Å². The summed E-state index contributed by atoms with van der Waals surface area (Å²) >= 11 is 5.89. The van der Waals surface area contributed by atoms with Crippen LogP contribution in [0.25, 0.3) is 11.4 Å². The lowest BCUT2D eigenvalue weighted by Crippen LogP contribution is -2.34. The molecule has 1 atom stereocenters. The lowest BCUT2D eigenvalue weighted by molar-refractivity contribution is 0.193. The zero-order valence-electron chi connectivity index (χ0n) is 14.9. The molecule has 1 unspecified atom stereocenters. The molecular weight excluding hydrogens is 364 g/mol. The molecule has 27 heavy (non-hydrogen) atoms. The first kappa shape index (κ1) is 17.5. The van der Waals surface area contributed by atoms with Crippen molar-refractivity contribution in [3.63, 3.8) is 0 Å². The summed E-state index contributed by atoms with van der Waals surface area (Å²) in [5.41, 5.74) is 2.76. The van der Waals surface area contributed by atoms with Crippen LogP contribution in [0.1, 0.15) is 30.3 Å². The molecule has 2 amide bonds. The fourth-order valence-corrected chi connectivity index (χ4v) is 3.31. The molecule has 7 heteroatoms. The zero-order chi connectivity index (χ0) is 18.8. The van der Waals surface area contributed by atoms with Gasteiger partial charge in [0.1, 0.15) is 6.04 Å². The number of anilines is 1. The lowest BCUT2D eigenvalue weighted by Gasteiger charge is -2.22. The summed E-state index contributed by atoms with van der Waals surface area (Å²) in [6, 6.07) is 14.6. The highest BCUT2D eigenvalue weighted by atomic mass is 35.5. The molecule has 0 aliphatic carbocycles. The lowest BCUT2D eigenvalue weighted by atomic mass is 10.1. The number of benzene rings is 2. The molecule has 0 spiro atoms. The van der Waals surface area contributed by atoms with Crippen LogP contribution in [0.3, 0.4) is 0 Å². The molecule has 1 aliphatic rings. The minimum Gasteiger partial charge on any atom is -0.337 e. The topological polar surface area (TPSA) is 71.3 Å². The number of nitrogens with one attached hydrogen (secondary N) is 1. The number of hydrogen-bond donors (Lipinski definition) is 1. The van der Waals surface area contributed by atoms with Crippen molar-refractivity contribution in [2.75, 3.05) is 11.9 Å². The number of carbonyl (C=O) groups is 1. The summed E-state index contributed by atoms with van der Waals surface area (Å²) in [5.74, 6) is 1.00. The van der Waals surface area contributed by atoms with Gasteiger partial charge in [-0.1, -0.05) is 46.6 Å². The average Bonchev–Trinajstić information content (AvgIpc) is 3.33. The first-order chi connectivity index (χ1) is 13.1. The molecule has 2 heterocycles. The Balaban J connectivity index is 1.50. The number of nitrogens with zero attached hydrogens (tertiary/aromatic N) is 3. The van der Waals surface area contributed by atoms with Gasteiger partial charge in [-0.25, -0.2) is 4.79 Å². The molecule has 6 nitrogen and oxygen atoms in total. The maximum atomic E-state index is 12.7. The van der Waals surface area contributed by atoms with E-state index in [9.17, 15) is 4.79 Å². The van der Waals surface area contributed by atoms with Gasteiger partial charge >= 0.3 is 6.03 Å². The fourth-order valence-electron chi connectivity index (χ4n) is 3.19. The van der Waals surface area contributed by atoms with Crippen LogP contribution in [0.4, 0.5) is 10.5 Å². The highest BCUT2D eigenvalue weighted by Crippen LogP contribution is 2.32. The molecule has 1 saturated heterocycles. The number of amides is 2. The molecule has 3 aromatic rings. The molecule has 1 N–H and O–H groups in total. The Labute approximate surface area is 162 Å². The van der Waals surface area contributed by atoms with E-state index in [-0.39, 0.29) is 12.1 Å². The van der Waals surface area contributed by atoms with Crippen LogP contribution in [0.5, 0.6) is 0 Å². The van der Waals surface area contributed by atoms with Crippen molar-refractivity contribution in [1.82, 2.24) is 15.0 Å². The Hall–Kier alpha value is -2.86. The molecule has 2 aromatic carbocycles. The molecular formula is C20H19ClN4O2. The van der Waals surface area contributed by atoms with Gasteiger partial charge in [0.05, 0.1) is 0 Å². The van der Waals surface area contributed by atoms with Gasteiger partial charge in [-0.15, -0.1) is 0 Å². The number of aryl methyl sites for hydroxylation is 1. The summed E-state index contributed by atoms with van der Waals surface area (Å²) in [5, 5.41) is 7.61. The molecule has 0 radical (unpaired) electrons. The maximum absolute atomic E-state index is 12.7. The third-order valence-electron chi connectivity index (χ3n) is 4.65. The second-order valence-electron chi connectivity index (χ2n) is 6.61. The van der Waals surface area contributed by atoms with Crippen molar-refractivity contribution in [3.8, 4) is 11.4 Å². The molecule has 1 aromatic heterocycles. The van der Waals surface area contributed by atoms with E-state index >= 15 is 0 Å². The number of rotatable bonds is 3. The number of urea groups is 1. The van der Waals surface area contributed by atoms with Crippen molar-refractivity contribution in [2.24, 2.45) is 0 Å². The average molecular weight is 383 g/mol. The van der Waals surface area contributed by atoms with Gasteiger partial charge in [0, 0.05) is 22.8 Å². The van der Waals surface area contributed by atoms with E-state index in [0.717, 1.165) is 18.4 Å². The van der Waals surface area contributed by atoms with Crippen molar-refractivity contribution < 1.29 is 9.32 Å². The van der Waals surface area contributed by atoms with Crippen LogP contribution in [0.2, 0.25) is 5.02 Å².